The summed E-state index contributed by atoms with van der Waals surface area (Å²) in [7, 11) is 0. The molecule has 1 rings (SSSR count). The number of oxime groups is 1. The van der Waals surface area contributed by atoms with Crippen LogP contribution in [0.3, 0.4) is 0 Å². The van der Waals surface area contributed by atoms with Gasteiger partial charge in [-0.3, -0.25) is 4.98 Å². The molecule has 1 aromatic heterocycles. The summed E-state index contributed by atoms with van der Waals surface area (Å²) in [6.45, 7) is 5.42. The molecule has 1 aromatic rings. The van der Waals surface area contributed by atoms with Gasteiger partial charge in [0.2, 0.25) is 0 Å². The van der Waals surface area contributed by atoms with E-state index in [9.17, 15) is 0 Å². The van der Waals surface area contributed by atoms with Crippen LogP contribution in [-0.4, -0.2) is 22.6 Å². The Kier molecular flexibility index (Phi) is 4.90. The third kappa shape index (κ3) is 4.40. The molecule has 5 heteroatoms. The largest absolute Gasteiger partial charge is 0.409 e. The standard InChI is InChI=1S/C12H20N4O/c1-12(2,11(13)16-17)6-8-14-9-10-5-3-4-7-15-10/h3-5,7,14,17H,6,8-9H2,1-2H3,(H2,13,16). The molecule has 0 aromatic carbocycles. The molecule has 0 saturated carbocycles. The molecule has 0 unspecified atom stereocenters. The molecule has 0 radical (unpaired) electrons. The maximum absolute atomic E-state index is 8.64. The summed E-state index contributed by atoms with van der Waals surface area (Å²) < 4.78 is 0. The van der Waals surface area contributed by atoms with E-state index in [0.29, 0.717) is 0 Å². The van der Waals surface area contributed by atoms with Crippen molar-refractivity contribution in [3.8, 4) is 0 Å². The molecule has 0 fully saturated rings. The highest BCUT2D eigenvalue weighted by Gasteiger charge is 2.22. The molecule has 0 aliphatic heterocycles. The summed E-state index contributed by atoms with van der Waals surface area (Å²) in [5.41, 5.74) is 6.31. The molecular weight excluding hydrogens is 216 g/mol. The van der Waals surface area contributed by atoms with Crippen molar-refractivity contribution in [3.63, 3.8) is 0 Å². The SMILES string of the molecule is CC(C)(CCNCc1ccccn1)C(N)=NO. The first-order chi connectivity index (χ1) is 8.06. The summed E-state index contributed by atoms with van der Waals surface area (Å²) in [6.07, 6.45) is 2.58. The van der Waals surface area contributed by atoms with Gasteiger partial charge in [-0.15, -0.1) is 0 Å². The summed E-state index contributed by atoms with van der Waals surface area (Å²) in [6, 6.07) is 5.83. The van der Waals surface area contributed by atoms with E-state index in [1.807, 2.05) is 32.0 Å². The normalized spacial score (nSPS) is 12.7. The highest BCUT2D eigenvalue weighted by molar-refractivity contribution is 5.85. The van der Waals surface area contributed by atoms with E-state index in [0.717, 1.165) is 25.2 Å². The van der Waals surface area contributed by atoms with Crippen molar-refractivity contribution in [3.05, 3.63) is 30.1 Å². The van der Waals surface area contributed by atoms with Crippen LogP contribution < -0.4 is 11.1 Å². The second-order valence-electron chi connectivity index (χ2n) is 4.62. The minimum absolute atomic E-state index is 0.261. The van der Waals surface area contributed by atoms with Crippen molar-refractivity contribution < 1.29 is 5.21 Å². The number of aromatic nitrogens is 1. The molecule has 4 N–H and O–H groups in total. The molecule has 0 spiro atoms. The van der Waals surface area contributed by atoms with Crippen molar-refractivity contribution in [2.24, 2.45) is 16.3 Å². The van der Waals surface area contributed by atoms with Gasteiger partial charge >= 0.3 is 0 Å². The second-order valence-corrected chi connectivity index (χ2v) is 4.62. The Morgan fingerprint density at radius 1 is 1.53 bits per heavy atom. The van der Waals surface area contributed by atoms with Gasteiger partial charge in [0.25, 0.3) is 0 Å². The first-order valence-electron chi connectivity index (χ1n) is 5.65. The topological polar surface area (TPSA) is 83.5 Å². The van der Waals surface area contributed by atoms with Gasteiger partial charge in [0.15, 0.2) is 0 Å². The van der Waals surface area contributed by atoms with E-state index in [2.05, 4.69) is 15.5 Å². The van der Waals surface area contributed by atoms with Gasteiger partial charge in [-0.2, -0.15) is 0 Å². The zero-order valence-corrected chi connectivity index (χ0v) is 10.3. The Morgan fingerprint density at radius 3 is 2.88 bits per heavy atom. The molecule has 17 heavy (non-hydrogen) atoms. The number of hydrogen-bond acceptors (Lipinski definition) is 4. The number of nitrogens with two attached hydrogens (primary N) is 1. The van der Waals surface area contributed by atoms with Crippen LogP contribution in [-0.2, 0) is 6.54 Å². The van der Waals surface area contributed by atoms with E-state index >= 15 is 0 Å². The number of nitrogens with one attached hydrogen (secondary N) is 1. The Morgan fingerprint density at radius 2 is 2.29 bits per heavy atom. The fourth-order valence-corrected chi connectivity index (χ4v) is 1.38. The van der Waals surface area contributed by atoms with Crippen molar-refractivity contribution in [2.75, 3.05) is 6.54 Å². The van der Waals surface area contributed by atoms with Gasteiger partial charge < -0.3 is 16.3 Å². The molecule has 1 heterocycles. The lowest BCUT2D eigenvalue weighted by Crippen LogP contribution is -2.34. The van der Waals surface area contributed by atoms with Gasteiger partial charge in [0, 0.05) is 18.2 Å². The maximum Gasteiger partial charge on any atom is 0.144 e. The van der Waals surface area contributed by atoms with Crippen LogP contribution >= 0.6 is 0 Å². The number of hydrogen-bond donors (Lipinski definition) is 3. The highest BCUT2D eigenvalue weighted by Crippen LogP contribution is 2.19. The average Bonchev–Trinajstić information content (AvgIpc) is 2.35. The molecule has 0 bridgehead atoms. The van der Waals surface area contributed by atoms with Crippen LogP contribution in [0.4, 0.5) is 0 Å². The molecule has 94 valence electrons. The Balaban J connectivity index is 2.29. The molecular formula is C12H20N4O. The fourth-order valence-electron chi connectivity index (χ4n) is 1.38. The predicted molar refractivity (Wildman–Crippen MR) is 67.8 cm³/mol. The van der Waals surface area contributed by atoms with Crippen molar-refractivity contribution >= 4 is 5.84 Å². The smallest absolute Gasteiger partial charge is 0.144 e. The first kappa shape index (κ1) is 13.4. The van der Waals surface area contributed by atoms with E-state index in [-0.39, 0.29) is 11.3 Å². The van der Waals surface area contributed by atoms with E-state index in [1.165, 1.54) is 0 Å². The maximum atomic E-state index is 8.64. The summed E-state index contributed by atoms with van der Waals surface area (Å²) in [5, 5.41) is 15.0. The third-order valence-electron chi connectivity index (χ3n) is 2.76. The van der Waals surface area contributed by atoms with Crippen LogP contribution in [0.15, 0.2) is 29.6 Å². The Labute approximate surface area is 102 Å². The molecule has 5 nitrogen and oxygen atoms in total. The van der Waals surface area contributed by atoms with Gasteiger partial charge in [-0.1, -0.05) is 25.1 Å². The third-order valence-corrected chi connectivity index (χ3v) is 2.76. The fraction of sp³-hybridized carbons (Fsp3) is 0.500. The number of amidine groups is 1. The van der Waals surface area contributed by atoms with Crippen LogP contribution in [0.25, 0.3) is 0 Å². The Hall–Kier alpha value is -1.62. The number of pyridine rings is 1. The van der Waals surface area contributed by atoms with Crippen molar-refractivity contribution in [1.82, 2.24) is 10.3 Å². The van der Waals surface area contributed by atoms with Crippen molar-refractivity contribution in [1.29, 1.82) is 0 Å². The summed E-state index contributed by atoms with van der Waals surface area (Å²) >= 11 is 0. The van der Waals surface area contributed by atoms with Crippen LogP contribution in [0.5, 0.6) is 0 Å². The van der Waals surface area contributed by atoms with E-state index in [1.54, 1.807) is 6.20 Å². The van der Waals surface area contributed by atoms with Crippen LogP contribution in [0.1, 0.15) is 26.0 Å². The molecule has 0 aliphatic rings. The van der Waals surface area contributed by atoms with Gasteiger partial charge in [-0.25, -0.2) is 0 Å². The van der Waals surface area contributed by atoms with E-state index < -0.39 is 0 Å². The molecule has 0 amide bonds. The number of nitrogens with zero attached hydrogens (tertiary/aromatic N) is 2. The van der Waals surface area contributed by atoms with E-state index in [4.69, 9.17) is 10.9 Å². The second kappa shape index (κ2) is 6.20. The zero-order valence-electron chi connectivity index (χ0n) is 10.3. The predicted octanol–water partition coefficient (Wildman–Crippen LogP) is 1.33. The molecule has 0 atom stereocenters. The molecule has 0 aliphatic carbocycles. The minimum atomic E-state index is -0.300. The Bertz CT molecular complexity index is 362. The molecule has 0 saturated heterocycles. The monoisotopic (exact) mass is 236 g/mol. The lowest BCUT2D eigenvalue weighted by Gasteiger charge is -2.22. The minimum Gasteiger partial charge on any atom is -0.409 e. The van der Waals surface area contributed by atoms with Gasteiger partial charge in [0.1, 0.15) is 5.84 Å². The van der Waals surface area contributed by atoms with Crippen LogP contribution in [0, 0.1) is 5.41 Å². The number of rotatable bonds is 6. The summed E-state index contributed by atoms with van der Waals surface area (Å²) in [4.78, 5) is 4.21. The average molecular weight is 236 g/mol. The van der Waals surface area contributed by atoms with Crippen LogP contribution in [0.2, 0.25) is 0 Å². The lowest BCUT2D eigenvalue weighted by molar-refractivity contribution is 0.305. The van der Waals surface area contributed by atoms with Crippen molar-refractivity contribution in [2.45, 2.75) is 26.8 Å². The van der Waals surface area contributed by atoms with Gasteiger partial charge in [-0.05, 0) is 25.1 Å². The summed E-state index contributed by atoms with van der Waals surface area (Å²) in [5.74, 6) is 0.261. The highest BCUT2D eigenvalue weighted by atomic mass is 16.4. The first-order valence-corrected chi connectivity index (χ1v) is 5.65. The zero-order chi connectivity index (χ0) is 12.7. The lowest BCUT2D eigenvalue weighted by atomic mass is 9.88. The quantitative estimate of drug-likeness (QED) is 0.229. The van der Waals surface area contributed by atoms with Gasteiger partial charge in [0.05, 0.1) is 5.69 Å².